The number of amides is 1. The maximum absolute atomic E-state index is 13.5. The molecular weight excluding hydrogens is 390 g/mol. The van der Waals surface area contributed by atoms with Crippen LogP contribution in [0.1, 0.15) is 67.0 Å². The molecule has 8 nitrogen and oxygen atoms in total. The Hall–Kier alpha value is -3.13. The molecule has 1 aliphatic heterocycles. The fourth-order valence-electron chi connectivity index (χ4n) is 4.14. The van der Waals surface area contributed by atoms with Gasteiger partial charge in [-0.25, -0.2) is 4.98 Å². The van der Waals surface area contributed by atoms with Gasteiger partial charge in [-0.15, -0.1) is 10.2 Å². The maximum Gasteiger partial charge on any atom is 0.260 e. The molecule has 160 valence electrons. The summed E-state index contributed by atoms with van der Waals surface area (Å²) in [7, 11) is 1.92. The molecule has 1 amide bonds. The molecule has 3 aromatic rings. The first kappa shape index (κ1) is 19.8. The van der Waals surface area contributed by atoms with Crippen LogP contribution in [0.4, 0.5) is 5.82 Å². The lowest BCUT2D eigenvalue weighted by molar-refractivity contribution is 0.0996. The molecule has 1 fully saturated rings. The number of nitrogens with zero attached hydrogens (tertiary/aromatic N) is 6. The van der Waals surface area contributed by atoms with Gasteiger partial charge in [0.1, 0.15) is 17.8 Å². The van der Waals surface area contributed by atoms with Crippen molar-refractivity contribution in [1.82, 2.24) is 30.0 Å². The van der Waals surface area contributed by atoms with E-state index in [1.54, 1.807) is 11.2 Å². The summed E-state index contributed by atoms with van der Waals surface area (Å²) in [5, 5.41) is 11.5. The van der Waals surface area contributed by atoms with E-state index in [1.807, 2.05) is 42.8 Å². The average molecular weight is 418 g/mol. The quantitative estimate of drug-likeness (QED) is 0.662. The molecule has 1 N–H and O–H groups in total. The summed E-state index contributed by atoms with van der Waals surface area (Å²) in [4.78, 5) is 25.0. The van der Waals surface area contributed by atoms with Crippen molar-refractivity contribution in [2.75, 3.05) is 11.9 Å². The highest BCUT2D eigenvalue weighted by Crippen LogP contribution is 2.48. The van der Waals surface area contributed by atoms with Crippen LogP contribution in [-0.2, 0) is 18.5 Å². The average Bonchev–Trinajstić information content (AvgIpc) is 3.23. The van der Waals surface area contributed by atoms with E-state index in [4.69, 9.17) is 9.97 Å². The first-order chi connectivity index (χ1) is 14.9. The summed E-state index contributed by atoms with van der Waals surface area (Å²) in [6.07, 6.45) is 3.93. The molecule has 5 rings (SSSR count). The van der Waals surface area contributed by atoms with Crippen LogP contribution in [0.3, 0.4) is 0 Å². The Kier molecular flexibility index (Phi) is 4.62. The zero-order valence-corrected chi connectivity index (χ0v) is 18.4. The van der Waals surface area contributed by atoms with E-state index in [0.29, 0.717) is 23.9 Å². The summed E-state index contributed by atoms with van der Waals surface area (Å²) in [6.45, 7) is 7.57. The maximum atomic E-state index is 13.5. The van der Waals surface area contributed by atoms with Crippen molar-refractivity contribution in [2.45, 2.75) is 58.2 Å². The second kappa shape index (κ2) is 7.23. The molecule has 0 saturated heterocycles. The third kappa shape index (κ3) is 3.22. The Balaban J connectivity index is 1.55. The third-order valence-corrected chi connectivity index (χ3v) is 6.61. The summed E-state index contributed by atoms with van der Waals surface area (Å²) in [6, 6.07) is 7.75. The van der Waals surface area contributed by atoms with E-state index in [2.05, 4.69) is 29.4 Å². The molecule has 0 unspecified atom stereocenters. The molecule has 1 saturated carbocycles. The minimum absolute atomic E-state index is 0.0194. The number of rotatable bonds is 6. The molecule has 0 aromatic carbocycles. The van der Waals surface area contributed by atoms with Crippen LogP contribution in [0, 0.1) is 0 Å². The lowest BCUT2D eigenvalue weighted by atomic mass is 9.97. The lowest BCUT2D eigenvalue weighted by Crippen LogP contribution is -2.24. The van der Waals surface area contributed by atoms with Gasteiger partial charge >= 0.3 is 0 Å². The van der Waals surface area contributed by atoms with Crippen LogP contribution < -0.4 is 10.2 Å². The predicted molar refractivity (Wildman–Crippen MR) is 118 cm³/mol. The van der Waals surface area contributed by atoms with Crippen LogP contribution in [0.25, 0.3) is 11.5 Å². The second-order valence-corrected chi connectivity index (χ2v) is 8.70. The van der Waals surface area contributed by atoms with Crippen LogP contribution in [0.15, 0.2) is 30.6 Å². The molecule has 31 heavy (non-hydrogen) atoms. The molecule has 1 atom stereocenters. The van der Waals surface area contributed by atoms with E-state index < -0.39 is 0 Å². The highest BCUT2D eigenvalue weighted by molar-refractivity contribution is 6.10. The van der Waals surface area contributed by atoms with Gasteiger partial charge in [-0.1, -0.05) is 13.0 Å². The molecule has 1 aliphatic carbocycles. The number of aromatic nitrogens is 5. The number of anilines is 1. The van der Waals surface area contributed by atoms with Crippen molar-refractivity contribution in [3.8, 4) is 11.5 Å². The van der Waals surface area contributed by atoms with Gasteiger partial charge in [-0.2, -0.15) is 0 Å². The van der Waals surface area contributed by atoms with E-state index >= 15 is 0 Å². The first-order valence-corrected chi connectivity index (χ1v) is 10.8. The van der Waals surface area contributed by atoms with E-state index in [1.165, 1.54) is 0 Å². The number of nitrogens with one attached hydrogen (secondary N) is 1. The number of aryl methyl sites for hydroxylation is 1. The number of carbonyl (C=O) groups is 1. The van der Waals surface area contributed by atoms with Gasteiger partial charge in [0, 0.05) is 34.8 Å². The molecule has 2 aliphatic rings. The first-order valence-electron chi connectivity index (χ1n) is 10.8. The predicted octanol–water partition coefficient (Wildman–Crippen LogP) is 3.25. The standard InChI is InChI=1S/C23H27N7O/c1-5-29-13-25-28-21(29)17-7-6-8-19(26-17)30-12-16-15(22(30)31)11-18(23(3)9-10-23)27-20(16)14(2)24-4/h6-8,11,13-14,24H,5,9-10,12H2,1-4H3/t14-/m0/s1. The molecule has 0 radical (unpaired) electrons. The normalized spacial score (nSPS) is 17.7. The summed E-state index contributed by atoms with van der Waals surface area (Å²) < 4.78 is 1.94. The van der Waals surface area contributed by atoms with E-state index in [9.17, 15) is 4.79 Å². The minimum atomic E-state index is -0.0194. The van der Waals surface area contributed by atoms with Crippen molar-refractivity contribution in [2.24, 2.45) is 0 Å². The fraction of sp³-hybridized carbons (Fsp3) is 0.435. The number of hydrogen-bond acceptors (Lipinski definition) is 6. The Morgan fingerprint density at radius 1 is 1.26 bits per heavy atom. The highest BCUT2D eigenvalue weighted by atomic mass is 16.2. The third-order valence-electron chi connectivity index (χ3n) is 6.61. The second-order valence-electron chi connectivity index (χ2n) is 8.70. The highest BCUT2D eigenvalue weighted by Gasteiger charge is 2.43. The number of pyridine rings is 2. The van der Waals surface area contributed by atoms with E-state index in [0.717, 1.165) is 41.9 Å². The Labute approximate surface area is 181 Å². The van der Waals surface area contributed by atoms with Gasteiger partial charge in [0.05, 0.1) is 12.2 Å². The van der Waals surface area contributed by atoms with Crippen molar-refractivity contribution in [3.05, 3.63) is 53.1 Å². The number of fused-ring (bicyclic) bond motifs is 1. The topological polar surface area (TPSA) is 88.8 Å². The zero-order chi connectivity index (χ0) is 21.8. The van der Waals surface area contributed by atoms with Gasteiger partial charge < -0.3 is 9.88 Å². The fourth-order valence-corrected chi connectivity index (χ4v) is 4.14. The Bertz CT molecular complexity index is 1160. The monoisotopic (exact) mass is 417 g/mol. The number of carbonyl (C=O) groups excluding carboxylic acids is 1. The summed E-state index contributed by atoms with van der Waals surface area (Å²) in [5.41, 5.74) is 4.52. The molecule has 8 heteroatoms. The summed E-state index contributed by atoms with van der Waals surface area (Å²) in [5.74, 6) is 1.30. The van der Waals surface area contributed by atoms with Gasteiger partial charge in [-0.3, -0.25) is 14.7 Å². The van der Waals surface area contributed by atoms with Crippen molar-refractivity contribution in [3.63, 3.8) is 0 Å². The van der Waals surface area contributed by atoms with Crippen LogP contribution in [0.2, 0.25) is 0 Å². The Morgan fingerprint density at radius 2 is 2.06 bits per heavy atom. The zero-order valence-electron chi connectivity index (χ0n) is 18.4. The van der Waals surface area contributed by atoms with Gasteiger partial charge in [0.2, 0.25) is 0 Å². The largest absolute Gasteiger partial charge is 0.313 e. The number of hydrogen-bond donors (Lipinski definition) is 1. The smallest absolute Gasteiger partial charge is 0.260 e. The molecule has 0 bridgehead atoms. The molecule has 0 spiro atoms. The summed E-state index contributed by atoms with van der Waals surface area (Å²) >= 11 is 0. The van der Waals surface area contributed by atoms with Crippen LogP contribution in [-0.4, -0.2) is 37.7 Å². The SMILES string of the molecule is CCn1cnnc1-c1cccc(N2Cc3c(cc(C4(C)CC4)nc3[C@H](C)NC)C2=O)n1. The van der Waals surface area contributed by atoms with Crippen LogP contribution in [0.5, 0.6) is 0 Å². The van der Waals surface area contributed by atoms with Gasteiger partial charge in [0.25, 0.3) is 5.91 Å². The van der Waals surface area contributed by atoms with Crippen LogP contribution >= 0.6 is 0 Å². The van der Waals surface area contributed by atoms with Crippen molar-refractivity contribution >= 4 is 11.7 Å². The van der Waals surface area contributed by atoms with Crippen molar-refractivity contribution < 1.29 is 4.79 Å². The van der Waals surface area contributed by atoms with E-state index in [-0.39, 0.29) is 17.4 Å². The molecule has 3 aromatic heterocycles. The van der Waals surface area contributed by atoms with Crippen molar-refractivity contribution in [1.29, 1.82) is 0 Å². The van der Waals surface area contributed by atoms with Gasteiger partial charge in [0.15, 0.2) is 5.82 Å². The Morgan fingerprint density at radius 3 is 2.77 bits per heavy atom. The molecular formula is C23H27N7O. The lowest BCUT2D eigenvalue weighted by Gasteiger charge is -2.18. The minimum Gasteiger partial charge on any atom is -0.313 e. The van der Waals surface area contributed by atoms with Gasteiger partial charge in [-0.05, 0) is 51.9 Å². The molecule has 4 heterocycles.